The minimum atomic E-state index is -0.610. The number of carbonyl (C=O) groups excluding carboxylic acids is 1. The molecule has 6 nitrogen and oxygen atoms in total. The second kappa shape index (κ2) is 6.92. The van der Waals surface area contributed by atoms with Crippen molar-refractivity contribution in [2.45, 2.75) is 64.1 Å². The van der Waals surface area contributed by atoms with E-state index in [4.69, 9.17) is 21.6 Å². The maximum absolute atomic E-state index is 14.6. The van der Waals surface area contributed by atoms with Gasteiger partial charge in [0.05, 0.1) is 24.3 Å². The van der Waals surface area contributed by atoms with Gasteiger partial charge in [-0.15, -0.1) is 0 Å². The normalized spacial score (nSPS) is 22.8. The number of pyridine rings is 1. The summed E-state index contributed by atoms with van der Waals surface area (Å²) >= 11 is 6.01. The molecule has 0 N–H and O–H groups in total. The molecule has 0 radical (unpaired) electrons. The minimum absolute atomic E-state index is 0.00342. The third-order valence-corrected chi connectivity index (χ3v) is 5.02. The number of amides is 1. The molecule has 1 aliphatic carbocycles. The van der Waals surface area contributed by atoms with Gasteiger partial charge in [-0.25, -0.2) is 14.2 Å². The number of aromatic nitrogens is 1. The van der Waals surface area contributed by atoms with Crippen LogP contribution >= 0.6 is 11.6 Å². The Morgan fingerprint density at radius 1 is 1.38 bits per heavy atom. The van der Waals surface area contributed by atoms with Crippen molar-refractivity contribution in [1.29, 1.82) is 5.26 Å². The zero-order valence-electron chi connectivity index (χ0n) is 15.1. The fraction of sp³-hybridized carbons (Fsp3) is 0.611. The Labute approximate surface area is 157 Å². The van der Waals surface area contributed by atoms with Crippen LogP contribution in [0.2, 0.25) is 5.15 Å². The molecule has 2 atom stereocenters. The highest BCUT2D eigenvalue weighted by molar-refractivity contribution is 6.30. The summed E-state index contributed by atoms with van der Waals surface area (Å²) in [7, 11) is 0. The molecule has 2 aliphatic rings. The summed E-state index contributed by atoms with van der Waals surface area (Å²) in [4.78, 5) is 20.2. The largest absolute Gasteiger partial charge is 0.444 e. The van der Waals surface area contributed by atoms with Gasteiger partial charge in [-0.3, -0.25) is 4.90 Å². The van der Waals surface area contributed by atoms with Gasteiger partial charge < -0.3 is 9.64 Å². The van der Waals surface area contributed by atoms with E-state index in [0.717, 1.165) is 31.7 Å². The third kappa shape index (κ3) is 3.56. The molecule has 26 heavy (non-hydrogen) atoms. The van der Waals surface area contributed by atoms with Gasteiger partial charge in [-0.1, -0.05) is 24.4 Å². The first-order valence-corrected chi connectivity index (χ1v) is 9.11. The van der Waals surface area contributed by atoms with E-state index in [0.29, 0.717) is 0 Å². The van der Waals surface area contributed by atoms with Crippen LogP contribution in [-0.2, 0) is 4.74 Å². The lowest BCUT2D eigenvalue weighted by Crippen LogP contribution is -2.44. The standard InChI is InChI=1S/C18H22ClFN4O2/c1-18(2,3)26-17(25)24-10-23(13-6-4-5-7-14(13)24)16-12(20)8-11(9-21)15(19)22-16/h8,13-14H,4-7,10H2,1-3H3. The highest BCUT2D eigenvalue weighted by Crippen LogP contribution is 2.37. The Kier molecular flexibility index (Phi) is 4.98. The Morgan fingerprint density at radius 3 is 2.65 bits per heavy atom. The number of carbonyl (C=O) groups is 1. The van der Waals surface area contributed by atoms with Crippen LogP contribution in [-0.4, -0.2) is 40.3 Å². The summed E-state index contributed by atoms with van der Waals surface area (Å²) in [5.41, 5.74) is -0.605. The first-order chi connectivity index (χ1) is 12.2. The summed E-state index contributed by atoms with van der Waals surface area (Å²) < 4.78 is 20.1. The van der Waals surface area contributed by atoms with Gasteiger partial charge in [0.2, 0.25) is 0 Å². The van der Waals surface area contributed by atoms with Gasteiger partial charge in [0, 0.05) is 0 Å². The summed E-state index contributed by atoms with van der Waals surface area (Å²) in [6, 6.07) is 2.83. The fourth-order valence-corrected chi connectivity index (χ4v) is 3.84. The Morgan fingerprint density at radius 2 is 2.04 bits per heavy atom. The van der Waals surface area contributed by atoms with Crippen molar-refractivity contribution in [2.75, 3.05) is 11.6 Å². The van der Waals surface area contributed by atoms with E-state index in [1.165, 1.54) is 0 Å². The molecule has 2 unspecified atom stereocenters. The SMILES string of the molecule is CC(C)(C)OC(=O)N1CN(c2nc(Cl)c(C#N)cc2F)C2CCCCC21. The second-order valence-electron chi connectivity index (χ2n) is 7.72. The zero-order chi connectivity index (χ0) is 19.1. The van der Waals surface area contributed by atoms with Crippen molar-refractivity contribution in [1.82, 2.24) is 9.88 Å². The average Bonchev–Trinajstić information content (AvgIpc) is 2.94. The molecule has 3 rings (SSSR count). The van der Waals surface area contributed by atoms with Crippen LogP contribution < -0.4 is 4.90 Å². The highest BCUT2D eigenvalue weighted by Gasteiger charge is 2.46. The number of hydrogen-bond donors (Lipinski definition) is 0. The maximum atomic E-state index is 14.6. The van der Waals surface area contributed by atoms with Gasteiger partial charge >= 0.3 is 6.09 Å². The Bertz CT molecular complexity index is 759. The molecule has 1 amide bonds. The van der Waals surface area contributed by atoms with Gasteiger partial charge in [0.1, 0.15) is 16.8 Å². The van der Waals surface area contributed by atoms with Crippen LogP contribution in [0.1, 0.15) is 52.0 Å². The van der Waals surface area contributed by atoms with Crippen molar-refractivity contribution in [3.05, 3.63) is 22.6 Å². The molecule has 2 fully saturated rings. The summed E-state index contributed by atoms with van der Waals surface area (Å²) in [5.74, 6) is -0.529. The molecule has 1 saturated heterocycles. The van der Waals surface area contributed by atoms with Crippen LogP contribution in [0.25, 0.3) is 0 Å². The van der Waals surface area contributed by atoms with Crippen molar-refractivity contribution in [3.8, 4) is 6.07 Å². The van der Waals surface area contributed by atoms with E-state index in [1.807, 2.05) is 26.8 Å². The lowest BCUT2D eigenvalue weighted by Gasteiger charge is -2.33. The van der Waals surface area contributed by atoms with Gasteiger partial charge in [0.25, 0.3) is 0 Å². The molecular weight excluding hydrogens is 359 g/mol. The van der Waals surface area contributed by atoms with Crippen molar-refractivity contribution < 1.29 is 13.9 Å². The molecule has 1 aromatic rings. The van der Waals surface area contributed by atoms with Crippen LogP contribution in [0, 0.1) is 17.1 Å². The molecule has 1 aliphatic heterocycles. The maximum Gasteiger partial charge on any atom is 0.412 e. The number of anilines is 1. The molecule has 0 aromatic carbocycles. The summed E-state index contributed by atoms with van der Waals surface area (Å²) in [6.07, 6.45) is 3.29. The van der Waals surface area contributed by atoms with Crippen LogP contribution in [0.15, 0.2) is 6.07 Å². The number of halogens is 2. The van der Waals surface area contributed by atoms with E-state index < -0.39 is 17.5 Å². The fourth-order valence-electron chi connectivity index (χ4n) is 3.67. The summed E-state index contributed by atoms with van der Waals surface area (Å²) in [5, 5.41) is 8.95. The smallest absolute Gasteiger partial charge is 0.412 e. The minimum Gasteiger partial charge on any atom is -0.444 e. The molecule has 1 aromatic heterocycles. The number of ether oxygens (including phenoxy) is 1. The molecule has 8 heteroatoms. The molecule has 2 heterocycles. The monoisotopic (exact) mass is 380 g/mol. The number of nitrogens with zero attached hydrogens (tertiary/aromatic N) is 4. The van der Waals surface area contributed by atoms with E-state index >= 15 is 0 Å². The first-order valence-electron chi connectivity index (χ1n) is 8.73. The highest BCUT2D eigenvalue weighted by atomic mass is 35.5. The van der Waals surface area contributed by atoms with E-state index in [-0.39, 0.29) is 35.3 Å². The van der Waals surface area contributed by atoms with Crippen molar-refractivity contribution in [2.24, 2.45) is 0 Å². The zero-order valence-corrected chi connectivity index (χ0v) is 15.9. The Balaban J connectivity index is 1.92. The van der Waals surface area contributed by atoms with Crippen LogP contribution in [0.3, 0.4) is 0 Å². The topological polar surface area (TPSA) is 69.5 Å². The molecule has 0 bridgehead atoms. The number of rotatable bonds is 1. The second-order valence-corrected chi connectivity index (χ2v) is 8.08. The van der Waals surface area contributed by atoms with E-state index in [2.05, 4.69) is 4.98 Å². The molecule has 0 spiro atoms. The van der Waals surface area contributed by atoms with E-state index in [9.17, 15) is 9.18 Å². The predicted octanol–water partition coefficient (Wildman–Crippen LogP) is 4.07. The number of nitriles is 1. The summed E-state index contributed by atoms with van der Waals surface area (Å²) in [6.45, 7) is 5.65. The predicted molar refractivity (Wildman–Crippen MR) is 95.4 cm³/mol. The number of hydrogen-bond acceptors (Lipinski definition) is 5. The molecule has 1 saturated carbocycles. The van der Waals surface area contributed by atoms with Gasteiger partial charge in [-0.05, 0) is 39.7 Å². The quantitative estimate of drug-likeness (QED) is 0.687. The third-order valence-electron chi connectivity index (χ3n) is 4.73. The lowest BCUT2D eigenvalue weighted by molar-refractivity contribution is 0.0201. The Hall–Kier alpha value is -2.07. The van der Waals surface area contributed by atoms with Gasteiger partial charge in [0.15, 0.2) is 11.6 Å². The molecular formula is C18H22ClFN4O2. The number of fused-ring (bicyclic) bond motifs is 1. The van der Waals surface area contributed by atoms with E-state index in [1.54, 1.807) is 9.80 Å². The van der Waals surface area contributed by atoms with Gasteiger partial charge in [-0.2, -0.15) is 5.26 Å². The average molecular weight is 381 g/mol. The first kappa shape index (κ1) is 18.7. The van der Waals surface area contributed by atoms with Crippen LogP contribution in [0.5, 0.6) is 0 Å². The lowest BCUT2D eigenvalue weighted by atomic mass is 9.90. The molecule has 140 valence electrons. The van der Waals surface area contributed by atoms with Crippen molar-refractivity contribution >= 4 is 23.5 Å². The van der Waals surface area contributed by atoms with Crippen LogP contribution in [0.4, 0.5) is 15.0 Å². The van der Waals surface area contributed by atoms with Crippen molar-refractivity contribution in [3.63, 3.8) is 0 Å².